The zero-order chi connectivity index (χ0) is 15.6. The Morgan fingerprint density at radius 3 is 2.71 bits per heavy atom. The Bertz CT molecular complexity index is 670. The van der Waals surface area contributed by atoms with Crippen molar-refractivity contribution in [1.29, 1.82) is 0 Å². The van der Waals surface area contributed by atoms with Crippen molar-refractivity contribution in [3.05, 3.63) is 16.3 Å². The second kappa shape index (κ2) is 6.62. The van der Waals surface area contributed by atoms with Gasteiger partial charge in [-0.25, -0.2) is 14.8 Å². The largest absolute Gasteiger partial charge is 0.480 e. The zero-order valence-electron chi connectivity index (χ0n) is 12.6. The van der Waals surface area contributed by atoms with Crippen molar-refractivity contribution in [2.45, 2.75) is 33.2 Å². The van der Waals surface area contributed by atoms with Gasteiger partial charge in [0.05, 0.1) is 5.39 Å². The smallest absolute Gasteiger partial charge is 0.326 e. The molecule has 0 aliphatic rings. The first kappa shape index (κ1) is 16.0. The molecule has 0 saturated carbocycles. The van der Waals surface area contributed by atoms with Gasteiger partial charge in [-0.1, -0.05) is 0 Å². The first-order valence-electron chi connectivity index (χ1n) is 6.66. The fourth-order valence-corrected chi connectivity index (χ4v) is 3.67. The number of fused-ring (bicyclic) bond motifs is 1. The van der Waals surface area contributed by atoms with E-state index in [0.29, 0.717) is 18.1 Å². The Hall–Kier alpha value is -1.34. The molecule has 2 heterocycles. The summed E-state index contributed by atoms with van der Waals surface area (Å²) in [5, 5.41) is 13.4. The second-order valence-electron chi connectivity index (χ2n) is 4.90. The fourth-order valence-electron chi connectivity index (χ4n) is 2.12. The minimum Gasteiger partial charge on any atom is -0.480 e. The van der Waals surface area contributed by atoms with Crippen LogP contribution in [-0.4, -0.2) is 39.1 Å². The Morgan fingerprint density at radius 2 is 2.10 bits per heavy atom. The molecule has 1 atom stereocenters. The van der Waals surface area contributed by atoms with E-state index in [2.05, 4.69) is 15.3 Å². The number of thioether (sulfide) groups is 1. The van der Waals surface area contributed by atoms with Gasteiger partial charge < -0.3 is 10.4 Å². The summed E-state index contributed by atoms with van der Waals surface area (Å²) < 4.78 is 0. The lowest BCUT2D eigenvalue weighted by atomic mass is 10.2. The molecule has 0 saturated heterocycles. The summed E-state index contributed by atoms with van der Waals surface area (Å²) >= 11 is 3.26. The molecule has 0 bridgehead atoms. The number of aliphatic carboxylic acids is 1. The third-order valence-corrected chi connectivity index (χ3v) is 5.11. The number of carboxylic acids is 1. The number of nitrogens with one attached hydrogen (secondary N) is 1. The number of anilines is 1. The van der Waals surface area contributed by atoms with E-state index in [9.17, 15) is 9.90 Å². The van der Waals surface area contributed by atoms with Crippen LogP contribution in [0.5, 0.6) is 0 Å². The Morgan fingerprint density at radius 1 is 1.38 bits per heavy atom. The number of thiophene rings is 1. The highest BCUT2D eigenvalue weighted by molar-refractivity contribution is 7.98. The predicted octanol–water partition coefficient (Wildman–Crippen LogP) is 3.23. The minimum atomic E-state index is -0.849. The number of carbonyl (C=O) groups is 1. The van der Waals surface area contributed by atoms with E-state index in [4.69, 9.17) is 0 Å². The van der Waals surface area contributed by atoms with Gasteiger partial charge in [0.25, 0.3) is 0 Å². The van der Waals surface area contributed by atoms with E-state index in [1.54, 1.807) is 23.1 Å². The molecule has 0 radical (unpaired) electrons. The van der Waals surface area contributed by atoms with E-state index in [1.807, 2.05) is 27.0 Å². The lowest BCUT2D eigenvalue weighted by molar-refractivity contribution is -0.137. The standard InChI is InChI=1S/C14H19N3O2S2/c1-7-8(2)21-13-11(7)12(15-9(3)16-13)17-10(14(18)19)5-6-20-4/h10H,5-6H2,1-4H3,(H,18,19)(H,15,16,17)/t10-/m1/s1. The normalized spacial score (nSPS) is 12.6. The average Bonchev–Trinajstić information content (AvgIpc) is 2.69. The summed E-state index contributed by atoms with van der Waals surface area (Å²) in [6.07, 6.45) is 2.53. The summed E-state index contributed by atoms with van der Waals surface area (Å²) in [6, 6.07) is -0.630. The Balaban J connectivity index is 2.42. The molecule has 0 aromatic carbocycles. The quantitative estimate of drug-likeness (QED) is 0.849. The molecule has 114 valence electrons. The fraction of sp³-hybridized carbons (Fsp3) is 0.500. The van der Waals surface area contributed by atoms with Gasteiger partial charge in [-0.2, -0.15) is 11.8 Å². The average molecular weight is 325 g/mol. The number of aromatic nitrogens is 2. The van der Waals surface area contributed by atoms with Gasteiger partial charge in [0.2, 0.25) is 0 Å². The lowest BCUT2D eigenvalue weighted by Crippen LogP contribution is -2.30. The van der Waals surface area contributed by atoms with Crippen LogP contribution in [0.15, 0.2) is 0 Å². The van der Waals surface area contributed by atoms with E-state index >= 15 is 0 Å². The van der Waals surface area contributed by atoms with Gasteiger partial charge in [-0.15, -0.1) is 11.3 Å². The van der Waals surface area contributed by atoms with Crippen LogP contribution in [0.1, 0.15) is 22.7 Å². The highest BCUT2D eigenvalue weighted by atomic mass is 32.2. The molecular weight excluding hydrogens is 306 g/mol. The lowest BCUT2D eigenvalue weighted by Gasteiger charge is -2.16. The number of carboxylic acid groups (broad SMARTS) is 1. The zero-order valence-corrected chi connectivity index (χ0v) is 14.2. The van der Waals surface area contributed by atoms with Crippen molar-refractivity contribution in [3.63, 3.8) is 0 Å². The summed E-state index contributed by atoms with van der Waals surface area (Å²) in [7, 11) is 0. The minimum absolute atomic E-state index is 0.559. The molecule has 7 heteroatoms. The maximum atomic E-state index is 11.4. The maximum Gasteiger partial charge on any atom is 0.326 e. The van der Waals surface area contributed by atoms with E-state index in [0.717, 1.165) is 21.5 Å². The van der Waals surface area contributed by atoms with Crippen LogP contribution in [0.25, 0.3) is 10.2 Å². The number of hydrogen-bond donors (Lipinski definition) is 2. The topological polar surface area (TPSA) is 75.1 Å². The highest BCUT2D eigenvalue weighted by Crippen LogP contribution is 2.33. The SMILES string of the molecule is CSCC[C@@H](Nc1nc(C)nc2sc(C)c(C)c12)C(=O)O. The molecule has 0 spiro atoms. The van der Waals surface area contributed by atoms with Crippen molar-refractivity contribution in [2.24, 2.45) is 0 Å². The molecule has 0 amide bonds. The number of aryl methyl sites for hydroxylation is 3. The van der Waals surface area contributed by atoms with Gasteiger partial charge in [-0.05, 0) is 44.8 Å². The predicted molar refractivity (Wildman–Crippen MR) is 89.7 cm³/mol. The number of hydrogen-bond acceptors (Lipinski definition) is 6. The molecule has 21 heavy (non-hydrogen) atoms. The molecule has 0 aliphatic heterocycles. The van der Waals surface area contributed by atoms with Gasteiger partial charge >= 0.3 is 5.97 Å². The molecule has 0 aliphatic carbocycles. The van der Waals surface area contributed by atoms with Crippen LogP contribution < -0.4 is 5.32 Å². The van der Waals surface area contributed by atoms with Crippen molar-refractivity contribution >= 4 is 45.1 Å². The summed E-state index contributed by atoms with van der Waals surface area (Å²) in [5.74, 6) is 1.23. The molecule has 2 aromatic rings. The van der Waals surface area contributed by atoms with Crippen molar-refractivity contribution < 1.29 is 9.90 Å². The molecule has 2 rings (SSSR count). The summed E-state index contributed by atoms with van der Waals surface area (Å²) in [5.41, 5.74) is 1.12. The molecule has 0 unspecified atom stereocenters. The van der Waals surface area contributed by atoms with Gasteiger partial charge in [-0.3, -0.25) is 0 Å². The summed E-state index contributed by atoms with van der Waals surface area (Å²) in [4.78, 5) is 22.4. The van der Waals surface area contributed by atoms with Crippen LogP contribution >= 0.6 is 23.1 Å². The monoisotopic (exact) mass is 325 g/mol. The second-order valence-corrected chi connectivity index (χ2v) is 7.09. The van der Waals surface area contributed by atoms with E-state index in [1.165, 1.54) is 4.88 Å². The van der Waals surface area contributed by atoms with Crippen LogP contribution in [0, 0.1) is 20.8 Å². The molecule has 5 nitrogen and oxygen atoms in total. The van der Waals surface area contributed by atoms with Crippen molar-refractivity contribution in [1.82, 2.24) is 9.97 Å². The Labute approximate surface area is 132 Å². The van der Waals surface area contributed by atoms with Gasteiger partial charge in [0, 0.05) is 4.88 Å². The summed E-state index contributed by atoms with van der Waals surface area (Å²) in [6.45, 7) is 5.89. The van der Waals surface area contributed by atoms with E-state index < -0.39 is 12.0 Å². The first-order chi connectivity index (χ1) is 9.93. The number of rotatable bonds is 6. The van der Waals surface area contributed by atoms with Crippen molar-refractivity contribution in [3.8, 4) is 0 Å². The van der Waals surface area contributed by atoms with Crippen LogP contribution in [0.2, 0.25) is 0 Å². The molecule has 2 N–H and O–H groups in total. The third-order valence-electron chi connectivity index (χ3n) is 3.36. The Kier molecular flexibility index (Phi) is 5.05. The third kappa shape index (κ3) is 3.47. The van der Waals surface area contributed by atoms with Gasteiger partial charge in [0.1, 0.15) is 22.5 Å². The van der Waals surface area contributed by atoms with Crippen LogP contribution in [0.4, 0.5) is 5.82 Å². The van der Waals surface area contributed by atoms with Gasteiger partial charge in [0.15, 0.2) is 0 Å². The first-order valence-corrected chi connectivity index (χ1v) is 8.87. The number of nitrogens with zero attached hydrogens (tertiary/aromatic N) is 2. The van der Waals surface area contributed by atoms with E-state index in [-0.39, 0.29) is 0 Å². The highest BCUT2D eigenvalue weighted by Gasteiger charge is 2.20. The maximum absolute atomic E-state index is 11.4. The van der Waals surface area contributed by atoms with Crippen LogP contribution in [0.3, 0.4) is 0 Å². The molecule has 2 aromatic heterocycles. The molecular formula is C14H19N3O2S2. The van der Waals surface area contributed by atoms with Crippen molar-refractivity contribution in [2.75, 3.05) is 17.3 Å². The van der Waals surface area contributed by atoms with Crippen LogP contribution in [-0.2, 0) is 4.79 Å². The molecule has 0 fully saturated rings.